The molecule has 24 heavy (non-hydrogen) atoms. The Morgan fingerprint density at radius 3 is 1.42 bits per heavy atom. The van der Waals surface area contributed by atoms with Crippen molar-refractivity contribution in [3.63, 3.8) is 0 Å². The lowest BCUT2D eigenvalue weighted by atomic mass is 10.1. The standard InChI is InChI=1S/C14H22F2N4O4/c1-7-11(15)13(23)17-6-4-10(22)20-8(2)12(16)14(24)18-5-3-9(21)19-7/h7-8,11-12H,3-6H2,1-2H3,(H,17,23)(H,18,24)(H,19,21)(H,20,22)/t7-,8?,11-,12-/m0/s1. The third-order valence-corrected chi connectivity index (χ3v) is 3.46. The molecular formula is C14H22F2N4O4. The normalized spacial score (nSPS) is 31.5. The number of hydrogen-bond acceptors (Lipinski definition) is 4. The fraction of sp³-hybridized carbons (Fsp3) is 0.714. The highest BCUT2D eigenvalue weighted by atomic mass is 19.1. The summed E-state index contributed by atoms with van der Waals surface area (Å²) in [5.74, 6) is -3.07. The molecular weight excluding hydrogens is 326 g/mol. The Morgan fingerprint density at radius 2 is 1.08 bits per heavy atom. The summed E-state index contributed by atoms with van der Waals surface area (Å²) in [7, 11) is 0. The zero-order valence-corrected chi connectivity index (χ0v) is 13.5. The van der Waals surface area contributed by atoms with E-state index in [4.69, 9.17) is 0 Å². The zero-order valence-electron chi connectivity index (χ0n) is 13.5. The first-order valence-corrected chi connectivity index (χ1v) is 7.64. The Balaban J connectivity index is 2.76. The van der Waals surface area contributed by atoms with Crippen molar-refractivity contribution < 1.29 is 28.0 Å². The average molecular weight is 348 g/mol. The predicted octanol–water partition coefficient (Wildman–Crippen LogP) is -1.30. The lowest BCUT2D eigenvalue weighted by molar-refractivity contribution is -0.128. The van der Waals surface area contributed by atoms with Gasteiger partial charge in [0.05, 0.1) is 12.1 Å². The molecule has 1 rings (SSSR count). The van der Waals surface area contributed by atoms with E-state index >= 15 is 0 Å². The lowest BCUT2D eigenvalue weighted by Crippen LogP contribution is -2.50. The second-order valence-corrected chi connectivity index (χ2v) is 5.60. The van der Waals surface area contributed by atoms with Gasteiger partial charge in [0.15, 0.2) is 12.3 Å². The first kappa shape index (κ1) is 19.8. The number of nitrogens with one attached hydrogen (secondary N) is 4. The molecule has 1 saturated heterocycles. The van der Waals surface area contributed by atoms with Crippen molar-refractivity contribution in [1.82, 2.24) is 21.3 Å². The van der Waals surface area contributed by atoms with Gasteiger partial charge in [0.25, 0.3) is 11.8 Å². The van der Waals surface area contributed by atoms with E-state index in [0.717, 1.165) is 0 Å². The molecule has 0 aliphatic carbocycles. The van der Waals surface area contributed by atoms with E-state index in [1.807, 2.05) is 0 Å². The van der Waals surface area contributed by atoms with Crippen molar-refractivity contribution in [3.05, 3.63) is 0 Å². The Labute approximate surface area is 138 Å². The van der Waals surface area contributed by atoms with Crippen LogP contribution < -0.4 is 21.3 Å². The van der Waals surface area contributed by atoms with Crippen molar-refractivity contribution in [2.24, 2.45) is 0 Å². The smallest absolute Gasteiger partial charge is 0.256 e. The van der Waals surface area contributed by atoms with Crippen LogP contribution in [0.1, 0.15) is 26.7 Å². The number of halogens is 2. The highest BCUT2D eigenvalue weighted by Crippen LogP contribution is 2.02. The van der Waals surface area contributed by atoms with Crippen molar-refractivity contribution in [3.8, 4) is 0 Å². The van der Waals surface area contributed by atoms with E-state index in [9.17, 15) is 28.0 Å². The van der Waals surface area contributed by atoms with Crippen LogP contribution in [0.25, 0.3) is 0 Å². The molecule has 4 N–H and O–H groups in total. The van der Waals surface area contributed by atoms with Crippen LogP contribution in [0.4, 0.5) is 8.78 Å². The zero-order chi connectivity index (χ0) is 18.3. The summed E-state index contributed by atoms with van der Waals surface area (Å²) >= 11 is 0. The fourth-order valence-corrected chi connectivity index (χ4v) is 2.05. The SMILES string of the molecule is CC1NC(=O)CCNC(=O)[C@@H](F)[C@H](C)NC(=O)CCNC(=O)[C@H]1F. The number of alkyl halides is 2. The molecule has 0 aromatic carbocycles. The second kappa shape index (κ2) is 9.14. The first-order valence-electron chi connectivity index (χ1n) is 7.64. The molecule has 10 heteroatoms. The summed E-state index contributed by atoms with van der Waals surface area (Å²) in [5.41, 5.74) is 0. The van der Waals surface area contributed by atoms with Crippen LogP contribution in [-0.4, -0.2) is 61.1 Å². The Morgan fingerprint density at radius 1 is 0.750 bits per heavy atom. The molecule has 8 nitrogen and oxygen atoms in total. The predicted molar refractivity (Wildman–Crippen MR) is 80.3 cm³/mol. The molecule has 0 spiro atoms. The van der Waals surface area contributed by atoms with Crippen LogP contribution in [0.15, 0.2) is 0 Å². The Hall–Kier alpha value is -2.26. The van der Waals surface area contributed by atoms with E-state index in [0.29, 0.717) is 0 Å². The van der Waals surface area contributed by atoms with Gasteiger partial charge in [0.1, 0.15) is 0 Å². The van der Waals surface area contributed by atoms with E-state index in [-0.39, 0.29) is 25.9 Å². The molecule has 1 aliphatic heterocycles. The number of rotatable bonds is 0. The Kier molecular flexibility index (Phi) is 7.53. The molecule has 0 saturated carbocycles. The van der Waals surface area contributed by atoms with Crippen molar-refractivity contribution in [1.29, 1.82) is 0 Å². The van der Waals surface area contributed by atoms with E-state index in [2.05, 4.69) is 21.3 Å². The summed E-state index contributed by atoms with van der Waals surface area (Å²) in [6.07, 6.45) is -4.35. The quantitative estimate of drug-likeness (QED) is 0.435. The number of carbonyl (C=O) groups is 4. The van der Waals surface area contributed by atoms with Gasteiger partial charge in [0, 0.05) is 25.9 Å². The number of amides is 4. The molecule has 0 aromatic heterocycles. The van der Waals surface area contributed by atoms with Gasteiger partial charge in [-0.1, -0.05) is 0 Å². The summed E-state index contributed by atoms with van der Waals surface area (Å²) in [5, 5.41) is 9.02. The monoisotopic (exact) mass is 348 g/mol. The van der Waals surface area contributed by atoms with Gasteiger partial charge in [0.2, 0.25) is 11.8 Å². The van der Waals surface area contributed by atoms with Crippen LogP contribution in [-0.2, 0) is 19.2 Å². The summed E-state index contributed by atoms with van der Waals surface area (Å²) in [4.78, 5) is 46.5. The minimum absolute atomic E-state index is 0.151. The maximum absolute atomic E-state index is 13.9. The number of hydrogen-bond donors (Lipinski definition) is 4. The minimum Gasteiger partial charge on any atom is -0.353 e. The van der Waals surface area contributed by atoms with Gasteiger partial charge in [-0.05, 0) is 13.8 Å². The molecule has 1 heterocycles. The molecule has 1 unspecified atom stereocenters. The fourth-order valence-electron chi connectivity index (χ4n) is 2.05. The molecule has 136 valence electrons. The minimum atomic E-state index is -1.98. The third-order valence-electron chi connectivity index (χ3n) is 3.46. The maximum Gasteiger partial charge on any atom is 0.256 e. The summed E-state index contributed by atoms with van der Waals surface area (Å²) in [6.45, 7) is 2.33. The molecule has 4 amide bonds. The van der Waals surface area contributed by atoms with Crippen LogP contribution in [0.2, 0.25) is 0 Å². The van der Waals surface area contributed by atoms with E-state index in [1.165, 1.54) is 13.8 Å². The topological polar surface area (TPSA) is 116 Å². The van der Waals surface area contributed by atoms with Crippen molar-refractivity contribution >= 4 is 23.6 Å². The largest absolute Gasteiger partial charge is 0.353 e. The van der Waals surface area contributed by atoms with E-state index < -0.39 is 48.1 Å². The molecule has 0 radical (unpaired) electrons. The highest BCUT2D eigenvalue weighted by molar-refractivity contribution is 5.86. The van der Waals surface area contributed by atoms with Crippen molar-refractivity contribution in [2.45, 2.75) is 51.1 Å². The van der Waals surface area contributed by atoms with Gasteiger partial charge in [-0.15, -0.1) is 0 Å². The van der Waals surface area contributed by atoms with Gasteiger partial charge in [-0.3, -0.25) is 19.2 Å². The molecule has 1 fully saturated rings. The molecule has 1 aliphatic rings. The summed E-state index contributed by atoms with van der Waals surface area (Å²) in [6, 6.07) is -2.16. The van der Waals surface area contributed by atoms with Gasteiger partial charge < -0.3 is 21.3 Å². The molecule has 0 bridgehead atoms. The highest BCUT2D eigenvalue weighted by Gasteiger charge is 2.28. The maximum atomic E-state index is 13.9. The average Bonchev–Trinajstić information content (AvgIpc) is 2.51. The third kappa shape index (κ3) is 6.09. The first-order chi connectivity index (χ1) is 11.2. The van der Waals surface area contributed by atoms with Gasteiger partial charge in [-0.25, -0.2) is 8.78 Å². The van der Waals surface area contributed by atoms with Crippen molar-refractivity contribution in [2.75, 3.05) is 13.1 Å². The number of carbonyl (C=O) groups excluding carboxylic acids is 4. The van der Waals surface area contributed by atoms with Crippen LogP contribution in [0.5, 0.6) is 0 Å². The van der Waals surface area contributed by atoms with Gasteiger partial charge in [-0.2, -0.15) is 0 Å². The van der Waals surface area contributed by atoms with Crippen LogP contribution >= 0.6 is 0 Å². The van der Waals surface area contributed by atoms with Crippen LogP contribution in [0.3, 0.4) is 0 Å². The van der Waals surface area contributed by atoms with E-state index in [1.54, 1.807) is 0 Å². The Bertz CT molecular complexity index is 459. The lowest BCUT2D eigenvalue weighted by Gasteiger charge is -2.20. The molecule has 4 atom stereocenters. The molecule has 0 aromatic rings. The second-order valence-electron chi connectivity index (χ2n) is 5.60. The van der Waals surface area contributed by atoms with Gasteiger partial charge >= 0.3 is 0 Å². The summed E-state index contributed by atoms with van der Waals surface area (Å²) < 4.78 is 27.8. The van der Waals surface area contributed by atoms with Crippen LogP contribution in [0, 0.1) is 0 Å².